The minimum absolute atomic E-state index is 0.108. The highest BCUT2D eigenvalue weighted by molar-refractivity contribution is 5.90. The third-order valence-electron chi connectivity index (χ3n) is 9.42. The van der Waals surface area contributed by atoms with Crippen LogP contribution < -0.4 is 5.32 Å². The number of fused-ring (bicyclic) bond motifs is 4. The Hall–Kier alpha value is -4.21. The van der Waals surface area contributed by atoms with Gasteiger partial charge >= 0.3 is 12.1 Å². The molecule has 47 heavy (non-hydrogen) atoms. The van der Waals surface area contributed by atoms with Gasteiger partial charge in [-0.15, -0.1) is 0 Å². The summed E-state index contributed by atoms with van der Waals surface area (Å²) in [5.41, 5.74) is 5.72. The molecule has 6 rings (SSSR count). The fourth-order valence-corrected chi connectivity index (χ4v) is 6.97. The lowest BCUT2D eigenvalue weighted by molar-refractivity contribution is -0.159. The average Bonchev–Trinajstić information content (AvgIpc) is 3.38. The Morgan fingerprint density at radius 1 is 0.894 bits per heavy atom. The van der Waals surface area contributed by atoms with E-state index in [1.807, 2.05) is 48.5 Å². The van der Waals surface area contributed by atoms with Crippen molar-refractivity contribution in [2.24, 2.45) is 0 Å². The number of hydrogen-bond donors (Lipinski definition) is 2. The van der Waals surface area contributed by atoms with Crippen LogP contribution in [0.25, 0.3) is 11.1 Å². The fraction of sp³-hybridized carbons (Fsp3) is 0.447. The number of nitrogens with zero attached hydrogens (tertiary/aromatic N) is 2. The first kappa shape index (κ1) is 32.7. The summed E-state index contributed by atoms with van der Waals surface area (Å²) in [6.07, 6.45) is 1.15. The van der Waals surface area contributed by atoms with Crippen LogP contribution in [0.15, 0.2) is 72.8 Å². The molecule has 0 radical (unpaired) electrons. The van der Waals surface area contributed by atoms with Crippen LogP contribution in [-0.4, -0.2) is 82.9 Å². The fourth-order valence-electron chi connectivity index (χ4n) is 6.97. The molecule has 0 bridgehead atoms. The molecule has 1 fully saturated rings. The molecule has 1 unspecified atom stereocenters. The zero-order chi connectivity index (χ0) is 33.1. The van der Waals surface area contributed by atoms with Crippen molar-refractivity contribution in [1.82, 2.24) is 15.1 Å². The molecule has 0 saturated carbocycles. The van der Waals surface area contributed by atoms with E-state index in [1.165, 1.54) is 4.90 Å². The summed E-state index contributed by atoms with van der Waals surface area (Å²) in [5.74, 6) is -1.03. The van der Waals surface area contributed by atoms with Gasteiger partial charge < -0.3 is 24.8 Å². The molecule has 9 heteroatoms. The van der Waals surface area contributed by atoms with Gasteiger partial charge in [0, 0.05) is 32.0 Å². The number of hydrogen-bond acceptors (Lipinski definition) is 7. The predicted octanol–water partition coefficient (Wildman–Crippen LogP) is 5.04. The Labute approximate surface area is 276 Å². The van der Waals surface area contributed by atoms with Crippen molar-refractivity contribution in [1.29, 1.82) is 0 Å². The normalized spacial score (nSPS) is 18.9. The lowest BCUT2D eigenvalue weighted by Gasteiger charge is -2.36. The lowest BCUT2D eigenvalue weighted by Crippen LogP contribution is -2.56. The van der Waals surface area contributed by atoms with Crippen LogP contribution >= 0.6 is 0 Å². The Balaban J connectivity index is 1.19. The summed E-state index contributed by atoms with van der Waals surface area (Å²) in [6.45, 7) is 7.78. The molecule has 3 aliphatic rings. The number of likely N-dealkylation sites (tertiary alicyclic amines) is 1. The third-order valence-corrected chi connectivity index (χ3v) is 9.42. The van der Waals surface area contributed by atoms with Gasteiger partial charge in [-0.3, -0.25) is 9.69 Å². The first-order valence-corrected chi connectivity index (χ1v) is 16.7. The summed E-state index contributed by atoms with van der Waals surface area (Å²) >= 11 is 0. The highest BCUT2D eigenvalue weighted by Crippen LogP contribution is 2.44. The molecule has 1 aliphatic carbocycles. The van der Waals surface area contributed by atoms with Gasteiger partial charge in [0.2, 0.25) is 5.91 Å². The molecule has 0 spiro atoms. The number of aliphatic hydroxyl groups excluding tert-OH is 1. The largest absolute Gasteiger partial charge is 0.458 e. The van der Waals surface area contributed by atoms with Crippen molar-refractivity contribution >= 4 is 18.0 Å². The molecule has 248 valence electrons. The number of aliphatic hydroxyl groups is 1. The second-order valence-electron chi connectivity index (χ2n) is 13.9. The van der Waals surface area contributed by atoms with Gasteiger partial charge in [-0.05, 0) is 73.4 Å². The van der Waals surface area contributed by atoms with E-state index in [0.29, 0.717) is 32.2 Å². The van der Waals surface area contributed by atoms with E-state index in [1.54, 1.807) is 20.8 Å². The minimum atomic E-state index is -0.893. The molecule has 9 nitrogen and oxygen atoms in total. The van der Waals surface area contributed by atoms with Gasteiger partial charge in [-0.25, -0.2) is 9.59 Å². The molecule has 2 N–H and O–H groups in total. The average molecular weight is 640 g/mol. The number of amides is 2. The minimum Gasteiger partial charge on any atom is -0.458 e. The number of rotatable bonds is 8. The molecule has 1 saturated heterocycles. The summed E-state index contributed by atoms with van der Waals surface area (Å²) < 4.78 is 11.7. The number of benzene rings is 3. The van der Waals surface area contributed by atoms with Crippen LogP contribution in [0, 0.1) is 0 Å². The monoisotopic (exact) mass is 639 g/mol. The Morgan fingerprint density at radius 3 is 2.13 bits per heavy atom. The maximum Gasteiger partial charge on any atom is 0.410 e. The zero-order valence-electron chi connectivity index (χ0n) is 27.5. The number of esters is 1. The number of piperidine rings is 1. The third kappa shape index (κ3) is 7.52. The number of nitrogens with one attached hydrogen (secondary N) is 1. The van der Waals surface area contributed by atoms with Gasteiger partial charge in [-0.2, -0.15) is 0 Å². The SMILES string of the molecule is CC(C)(C)OC(=O)C(CCN1CCC(O)CC1)NC(=O)[C@@H]1Cc2ccccc2CN1C(=O)OCC1c2ccccc2-c2ccccc21. The van der Waals surface area contributed by atoms with E-state index in [4.69, 9.17) is 9.47 Å². The van der Waals surface area contributed by atoms with Crippen LogP contribution in [0.2, 0.25) is 0 Å². The van der Waals surface area contributed by atoms with E-state index in [9.17, 15) is 19.5 Å². The Morgan fingerprint density at radius 2 is 1.49 bits per heavy atom. The van der Waals surface area contributed by atoms with E-state index < -0.39 is 35.7 Å². The van der Waals surface area contributed by atoms with Crippen LogP contribution in [0.4, 0.5) is 4.79 Å². The molecule has 0 aromatic heterocycles. The van der Waals surface area contributed by atoms with E-state index >= 15 is 0 Å². The first-order valence-electron chi connectivity index (χ1n) is 16.7. The topological polar surface area (TPSA) is 108 Å². The van der Waals surface area contributed by atoms with Gasteiger partial charge in [0.15, 0.2) is 0 Å². The Kier molecular flexibility index (Phi) is 9.66. The van der Waals surface area contributed by atoms with Crippen molar-refractivity contribution in [2.45, 2.75) is 82.7 Å². The molecule has 2 heterocycles. The summed E-state index contributed by atoms with van der Waals surface area (Å²) in [4.78, 5) is 45.0. The molecule has 2 amide bonds. The van der Waals surface area contributed by atoms with E-state index in [0.717, 1.165) is 46.5 Å². The Bertz CT molecular complexity index is 1560. The molecule has 2 atom stereocenters. The standard InChI is InChI=1S/C38H45N3O6/c1-38(2,3)47-36(44)33(18-21-40-19-16-27(42)17-20-40)39-35(43)34-22-25-10-4-5-11-26(25)23-41(34)37(45)46-24-32-30-14-8-6-12-28(30)29-13-7-9-15-31(29)32/h4-15,27,32-34,42H,16-24H2,1-3H3,(H,39,43)/t33?,34-/m0/s1. The molecule has 3 aromatic carbocycles. The van der Waals surface area contributed by atoms with Crippen LogP contribution in [0.5, 0.6) is 0 Å². The van der Waals surface area contributed by atoms with E-state index in [2.05, 4.69) is 34.5 Å². The van der Waals surface area contributed by atoms with Crippen molar-refractivity contribution in [2.75, 3.05) is 26.2 Å². The van der Waals surface area contributed by atoms with Crippen LogP contribution in [0.1, 0.15) is 68.2 Å². The second kappa shape index (κ2) is 13.9. The summed E-state index contributed by atoms with van der Waals surface area (Å²) in [5, 5.41) is 12.9. The predicted molar refractivity (Wildman–Crippen MR) is 179 cm³/mol. The maximum atomic E-state index is 14.1. The van der Waals surface area contributed by atoms with Gasteiger partial charge in [-0.1, -0.05) is 72.8 Å². The van der Waals surface area contributed by atoms with Gasteiger partial charge in [0.1, 0.15) is 24.3 Å². The summed E-state index contributed by atoms with van der Waals surface area (Å²) in [6, 6.07) is 22.4. The number of carbonyl (C=O) groups excluding carboxylic acids is 3. The summed E-state index contributed by atoms with van der Waals surface area (Å²) in [7, 11) is 0. The van der Waals surface area contributed by atoms with Crippen molar-refractivity contribution in [3.05, 3.63) is 95.1 Å². The highest BCUT2D eigenvalue weighted by Gasteiger charge is 2.39. The molecular formula is C38H45N3O6. The molecule has 3 aromatic rings. The van der Waals surface area contributed by atoms with Crippen LogP contribution in [0.3, 0.4) is 0 Å². The van der Waals surface area contributed by atoms with Crippen molar-refractivity contribution in [3.8, 4) is 11.1 Å². The lowest BCUT2D eigenvalue weighted by atomic mass is 9.93. The molecule has 2 aliphatic heterocycles. The van der Waals surface area contributed by atoms with Gasteiger partial charge in [0.05, 0.1) is 12.6 Å². The number of carbonyl (C=O) groups is 3. The number of ether oxygens (including phenoxy) is 2. The van der Waals surface area contributed by atoms with Gasteiger partial charge in [0.25, 0.3) is 0 Å². The van der Waals surface area contributed by atoms with Crippen molar-refractivity contribution < 1.29 is 29.0 Å². The van der Waals surface area contributed by atoms with E-state index in [-0.39, 0.29) is 25.2 Å². The van der Waals surface area contributed by atoms with Crippen LogP contribution in [-0.2, 0) is 32.0 Å². The highest BCUT2D eigenvalue weighted by atomic mass is 16.6. The second-order valence-corrected chi connectivity index (χ2v) is 13.9. The molecular weight excluding hydrogens is 594 g/mol. The first-order chi connectivity index (χ1) is 22.6. The van der Waals surface area contributed by atoms with Crippen molar-refractivity contribution in [3.63, 3.8) is 0 Å². The maximum absolute atomic E-state index is 14.1. The zero-order valence-corrected chi connectivity index (χ0v) is 27.5. The smallest absolute Gasteiger partial charge is 0.410 e. The quantitative estimate of drug-likeness (QED) is 0.333.